The van der Waals surface area contributed by atoms with Crippen molar-refractivity contribution in [2.24, 2.45) is 0 Å². The molecule has 0 radical (unpaired) electrons. The van der Waals surface area contributed by atoms with Gasteiger partial charge in [0.25, 0.3) is 0 Å². The zero-order chi connectivity index (χ0) is 18.5. The summed E-state index contributed by atoms with van der Waals surface area (Å²) in [5.41, 5.74) is 3.35. The Bertz CT molecular complexity index is 1010. The van der Waals surface area contributed by atoms with Crippen LogP contribution in [0.3, 0.4) is 0 Å². The fraction of sp³-hybridized carbons (Fsp3) is 0.200. The molecule has 7 heteroatoms. The third-order valence-electron chi connectivity index (χ3n) is 4.63. The summed E-state index contributed by atoms with van der Waals surface area (Å²) in [5.74, 6) is -0.0917. The highest BCUT2D eigenvalue weighted by Crippen LogP contribution is 2.18. The van der Waals surface area contributed by atoms with Crippen LogP contribution in [-0.2, 0) is 17.6 Å². The zero-order valence-corrected chi connectivity index (χ0v) is 14.7. The van der Waals surface area contributed by atoms with Crippen LogP contribution >= 0.6 is 0 Å². The van der Waals surface area contributed by atoms with Crippen LogP contribution in [0.1, 0.15) is 17.2 Å². The molecule has 136 valence electrons. The molecule has 0 spiro atoms. The number of hydrogen-bond donors (Lipinski definition) is 2. The number of rotatable bonds is 7. The number of amides is 1. The van der Waals surface area contributed by atoms with Crippen molar-refractivity contribution in [2.75, 3.05) is 6.54 Å². The second kappa shape index (κ2) is 7.82. The molecule has 2 aromatic heterocycles. The Labute approximate surface area is 156 Å². The highest BCUT2D eigenvalue weighted by atomic mass is 16.2. The predicted molar refractivity (Wildman–Crippen MR) is 102 cm³/mol. The monoisotopic (exact) mass is 360 g/mol. The number of carbonyl (C=O) groups excluding carboxylic acids is 1. The van der Waals surface area contributed by atoms with E-state index in [0.29, 0.717) is 13.0 Å². The first-order valence-corrected chi connectivity index (χ1v) is 8.90. The lowest BCUT2D eigenvalue weighted by atomic mass is 10.1. The molecule has 0 bridgehead atoms. The van der Waals surface area contributed by atoms with Gasteiger partial charge in [0.1, 0.15) is 12.4 Å². The molecule has 0 aliphatic heterocycles. The molecule has 0 saturated carbocycles. The van der Waals surface area contributed by atoms with Crippen LogP contribution in [0.25, 0.3) is 10.9 Å². The van der Waals surface area contributed by atoms with E-state index in [1.807, 2.05) is 54.7 Å². The van der Waals surface area contributed by atoms with Crippen LogP contribution < -0.4 is 5.32 Å². The number of carbonyl (C=O) groups is 1. The number of aromatic amines is 1. The first kappa shape index (κ1) is 17.0. The minimum atomic E-state index is -0.481. The van der Waals surface area contributed by atoms with Gasteiger partial charge in [-0.3, -0.25) is 4.79 Å². The molecular weight excluding hydrogens is 340 g/mol. The number of nitrogens with one attached hydrogen (secondary N) is 2. The highest BCUT2D eigenvalue weighted by Gasteiger charge is 2.22. The average molecular weight is 360 g/mol. The summed E-state index contributed by atoms with van der Waals surface area (Å²) in [7, 11) is 0. The molecule has 4 aromatic rings. The largest absolute Gasteiger partial charge is 0.361 e. The quantitative estimate of drug-likeness (QED) is 0.529. The summed E-state index contributed by atoms with van der Waals surface area (Å²) in [4.78, 5) is 16.1. The van der Waals surface area contributed by atoms with E-state index in [4.69, 9.17) is 0 Å². The van der Waals surface area contributed by atoms with Crippen LogP contribution in [0.5, 0.6) is 0 Å². The van der Waals surface area contributed by atoms with Crippen molar-refractivity contribution in [3.8, 4) is 0 Å². The predicted octanol–water partition coefficient (Wildman–Crippen LogP) is 2.30. The van der Waals surface area contributed by atoms with E-state index in [9.17, 15) is 4.79 Å². The van der Waals surface area contributed by atoms with Gasteiger partial charge in [0, 0.05) is 30.1 Å². The van der Waals surface area contributed by atoms with E-state index < -0.39 is 6.04 Å². The van der Waals surface area contributed by atoms with Gasteiger partial charge < -0.3 is 10.3 Å². The number of fused-ring (bicyclic) bond motifs is 1. The van der Waals surface area contributed by atoms with Crippen molar-refractivity contribution in [1.29, 1.82) is 0 Å². The fourth-order valence-electron chi connectivity index (χ4n) is 3.23. The van der Waals surface area contributed by atoms with Crippen molar-refractivity contribution < 1.29 is 4.79 Å². The summed E-state index contributed by atoms with van der Waals surface area (Å²) in [6, 6.07) is 17.5. The van der Waals surface area contributed by atoms with E-state index >= 15 is 0 Å². The molecule has 0 aliphatic carbocycles. The molecule has 0 saturated heterocycles. The molecule has 1 amide bonds. The summed E-state index contributed by atoms with van der Waals surface area (Å²) in [6.07, 6.45) is 4.76. The number of aromatic nitrogens is 5. The molecule has 2 aromatic carbocycles. The average Bonchev–Trinajstić information content (AvgIpc) is 3.37. The first-order valence-electron chi connectivity index (χ1n) is 8.90. The van der Waals surface area contributed by atoms with Gasteiger partial charge in [0.2, 0.25) is 5.91 Å². The smallest absolute Gasteiger partial charge is 0.245 e. The minimum Gasteiger partial charge on any atom is -0.361 e. The van der Waals surface area contributed by atoms with Gasteiger partial charge >= 0.3 is 0 Å². The lowest BCUT2D eigenvalue weighted by Crippen LogP contribution is -2.35. The number of tetrazole rings is 1. The molecule has 7 nitrogen and oxygen atoms in total. The van der Waals surface area contributed by atoms with Crippen LogP contribution in [0.4, 0.5) is 0 Å². The molecule has 4 rings (SSSR count). The topological polar surface area (TPSA) is 88.5 Å². The maximum atomic E-state index is 12.8. The van der Waals surface area contributed by atoms with Gasteiger partial charge in [-0.1, -0.05) is 48.5 Å². The first-order chi connectivity index (χ1) is 13.3. The molecule has 2 N–H and O–H groups in total. The van der Waals surface area contributed by atoms with E-state index in [-0.39, 0.29) is 5.91 Å². The molecule has 2 heterocycles. The Balaban J connectivity index is 1.42. The summed E-state index contributed by atoms with van der Waals surface area (Å²) >= 11 is 0. The van der Waals surface area contributed by atoms with Gasteiger partial charge in [0.05, 0.1) is 0 Å². The van der Waals surface area contributed by atoms with Crippen molar-refractivity contribution in [2.45, 2.75) is 18.9 Å². The third-order valence-corrected chi connectivity index (χ3v) is 4.63. The van der Waals surface area contributed by atoms with Gasteiger partial charge in [-0.15, -0.1) is 5.10 Å². The van der Waals surface area contributed by atoms with Crippen molar-refractivity contribution in [3.63, 3.8) is 0 Å². The molecule has 27 heavy (non-hydrogen) atoms. The number of nitrogens with zero attached hydrogens (tertiary/aromatic N) is 4. The fourth-order valence-corrected chi connectivity index (χ4v) is 3.23. The van der Waals surface area contributed by atoms with Crippen molar-refractivity contribution in [1.82, 2.24) is 30.5 Å². The molecular formula is C20H20N6O. The van der Waals surface area contributed by atoms with Crippen LogP contribution in [0.15, 0.2) is 67.1 Å². The number of benzene rings is 2. The number of hydrogen-bond acceptors (Lipinski definition) is 4. The second-order valence-corrected chi connectivity index (χ2v) is 6.40. The van der Waals surface area contributed by atoms with Crippen molar-refractivity contribution >= 4 is 16.8 Å². The normalized spacial score (nSPS) is 12.1. The molecule has 0 aliphatic rings. The lowest BCUT2D eigenvalue weighted by molar-refractivity contribution is -0.124. The highest BCUT2D eigenvalue weighted by molar-refractivity contribution is 5.83. The van der Waals surface area contributed by atoms with Crippen LogP contribution in [0.2, 0.25) is 0 Å². The van der Waals surface area contributed by atoms with E-state index in [1.165, 1.54) is 22.0 Å². The Morgan fingerprint density at radius 2 is 1.93 bits per heavy atom. The Morgan fingerprint density at radius 1 is 1.11 bits per heavy atom. The number of H-pyrrole nitrogens is 1. The van der Waals surface area contributed by atoms with Crippen LogP contribution in [0, 0.1) is 0 Å². The van der Waals surface area contributed by atoms with E-state index in [2.05, 4.69) is 31.9 Å². The Kier molecular flexibility index (Phi) is 4.91. The standard InChI is InChI=1S/C20H20N6O/c27-20(21-11-10-16-13-22-18-9-5-4-8-17(16)18)19(26-14-23-24-25-26)12-15-6-2-1-3-7-15/h1-9,13-14,19,22H,10-12H2,(H,21,27). The maximum Gasteiger partial charge on any atom is 0.245 e. The summed E-state index contributed by atoms with van der Waals surface area (Å²) < 4.78 is 1.51. The second-order valence-electron chi connectivity index (χ2n) is 6.40. The molecule has 0 fully saturated rings. The minimum absolute atomic E-state index is 0.0917. The number of para-hydroxylation sites is 1. The van der Waals surface area contributed by atoms with E-state index in [0.717, 1.165) is 17.5 Å². The SMILES string of the molecule is O=C(NCCc1c[nH]c2ccccc12)C(Cc1ccccc1)n1cnnn1. The summed E-state index contributed by atoms with van der Waals surface area (Å²) in [5, 5.41) is 15.5. The Hall–Kier alpha value is -3.48. The molecule has 1 unspecified atom stereocenters. The van der Waals surface area contributed by atoms with Gasteiger partial charge in [-0.05, 0) is 34.0 Å². The van der Waals surface area contributed by atoms with E-state index in [1.54, 1.807) is 0 Å². The van der Waals surface area contributed by atoms with Crippen LogP contribution in [-0.4, -0.2) is 37.6 Å². The lowest BCUT2D eigenvalue weighted by Gasteiger charge is -2.16. The zero-order valence-electron chi connectivity index (χ0n) is 14.7. The van der Waals surface area contributed by atoms with Gasteiger partial charge in [-0.25, -0.2) is 4.68 Å². The maximum absolute atomic E-state index is 12.8. The Morgan fingerprint density at radius 3 is 2.74 bits per heavy atom. The van der Waals surface area contributed by atoms with Crippen molar-refractivity contribution in [3.05, 3.63) is 78.2 Å². The summed E-state index contributed by atoms with van der Waals surface area (Å²) in [6.45, 7) is 0.550. The van der Waals surface area contributed by atoms with Gasteiger partial charge in [-0.2, -0.15) is 0 Å². The van der Waals surface area contributed by atoms with Gasteiger partial charge in [0.15, 0.2) is 0 Å². The molecule has 1 atom stereocenters. The third kappa shape index (κ3) is 3.87.